The van der Waals surface area contributed by atoms with Crippen LogP contribution in [0.2, 0.25) is 0 Å². The molecule has 0 saturated heterocycles. The molecular formula is C22H25N3O2. The fraction of sp³-hybridized carbons (Fsp3) is 0.273. The third-order valence-electron chi connectivity index (χ3n) is 4.48. The molecule has 140 valence electrons. The molecule has 0 bridgehead atoms. The van der Waals surface area contributed by atoms with E-state index >= 15 is 0 Å². The van der Waals surface area contributed by atoms with Gasteiger partial charge in [0, 0.05) is 28.7 Å². The Hall–Kier alpha value is -3.08. The number of nitrogens with zero attached hydrogens (tertiary/aromatic N) is 2. The van der Waals surface area contributed by atoms with Crippen LogP contribution in [0.15, 0.2) is 53.8 Å². The van der Waals surface area contributed by atoms with Crippen molar-refractivity contribution in [2.45, 2.75) is 33.7 Å². The summed E-state index contributed by atoms with van der Waals surface area (Å²) in [4.78, 5) is 12.1. The molecule has 0 aliphatic heterocycles. The predicted molar refractivity (Wildman–Crippen MR) is 109 cm³/mol. The second kappa shape index (κ2) is 8.08. The number of nitrogens with one attached hydrogen (secondary N) is 1. The van der Waals surface area contributed by atoms with Gasteiger partial charge in [0.2, 0.25) is 0 Å². The Morgan fingerprint density at radius 1 is 1.15 bits per heavy atom. The van der Waals surface area contributed by atoms with Crippen LogP contribution >= 0.6 is 0 Å². The molecule has 0 fully saturated rings. The standard InChI is InChI=1S/C22H25N3O2/c1-15(2)25-13-18(19-10-5-6-11-20(19)25)12-23-24-21(26)14-27-22-16(3)8-7-9-17(22)4/h5-13,15H,14H2,1-4H3,(H,24,26)/b23-12-. The van der Waals surface area contributed by atoms with Crippen molar-refractivity contribution in [1.82, 2.24) is 9.99 Å². The van der Waals surface area contributed by atoms with Gasteiger partial charge in [-0.3, -0.25) is 4.79 Å². The van der Waals surface area contributed by atoms with Gasteiger partial charge in [0.15, 0.2) is 6.61 Å². The van der Waals surface area contributed by atoms with Crippen molar-refractivity contribution in [3.8, 4) is 5.75 Å². The van der Waals surface area contributed by atoms with Crippen LogP contribution in [0.25, 0.3) is 10.9 Å². The minimum atomic E-state index is -0.290. The molecule has 5 nitrogen and oxygen atoms in total. The first kappa shape index (κ1) is 18.7. The lowest BCUT2D eigenvalue weighted by Crippen LogP contribution is -2.25. The molecule has 0 saturated carbocycles. The molecule has 1 amide bonds. The third kappa shape index (κ3) is 4.19. The van der Waals surface area contributed by atoms with E-state index in [-0.39, 0.29) is 12.5 Å². The summed E-state index contributed by atoms with van der Waals surface area (Å²) in [7, 11) is 0. The number of para-hydroxylation sites is 2. The molecule has 0 unspecified atom stereocenters. The molecule has 2 aromatic carbocycles. The average molecular weight is 363 g/mol. The second-order valence-electron chi connectivity index (χ2n) is 6.91. The summed E-state index contributed by atoms with van der Waals surface area (Å²) >= 11 is 0. The van der Waals surface area contributed by atoms with E-state index in [0.717, 1.165) is 33.3 Å². The van der Waals surface area contributed by atoms with Gasteiger partial charge in [0.05, 0.1) is 6.21 Å². The topological polar surface area (TPSA) is 55.6 Å². The van der Waals surface area contributed by atoms with E-state index in [1.54, 1.807) is 6.21 Å². The first-order valence-corrected chi connectivity index (χ1v) is 9.08. The molecule has 1 aromatic heterocycles. The summed E-state index contributed by atoms with van der Waals surface area (Å²) in [5, 5.41) is 5.21. The zero-order chi connectivity index (χ0) is 19.4. The molecular weight excluding hydrogens is 338 g/mol. The van der Waals surface area contributed by atoms with Gasteiger partial charge in [-0.1, -0.05) is 36.4 Å². The van der Waals surface area contributed by atoms with Crippen LogP contribution in [0.3, 0.4) is 0 Å². The van der Waals surface area contributed by atoms with E-state index in [0.29, 0.717) is 6.04 Å². The molecule has 1 N–H and O–H groups in total. The van der Waals surface area contributed by atoms with E-state index in [2.05, 4.69) is 47.3 Å². The summed E-state index contributed by atoms with van der Waals surface area (Å²) in [6.07, 6.45) is 3.73. The Labute approximate surface area is 159 Å². The third-order valence-corrected chi connectivity index (χ3v) is 4.48. The van der Waals surface area contributed by atoms with Crippen molar-refractivity contribution in [3.05, 3.63) is 65.4 Å². The van der Waals surface area contributed by atoms with E-state index in [1.165, 1.54) is 0 Å². The van der Waals surface area contributed by atoms with Crippen LogP contribution in [0.5, 0.6) is 5.75 Å². The highest BCUT2D eigenvalue weighted by molar-refractivity contribution is 5.99. The van der Waals surface area contributed by atoms with E-state index < -0.39 is 0 Å². The lowest BCUT2D eigenvalue weighted by molar-refractivity contribution is -0.123. The smallest absolute Gasteiger partial charge is 0.277 e. The summed E-state index contributed by atoms with van der Waals surface area (Å²) in [5.74, 6) is 0.457. The van der Waals surface area contributed by atoms with Crippen molar-refractivity contribution in [1.29, 1.82) is 0 Å². The number of rotatable bonds is 6. The van der Waals surface area contributed by atoms with Gasteiger partial charge in [-0.05, 0) is 44.9 Å². The predicted octanol–water partition coefficient (Wildman–Crippen LogP) is 4.37. The van der Waals surface area contributed by atoms with E-state index in [4.69, 9.17) is 4.74 Å². The Morgan fingerprint density at radius 3 is 2.56 bits per heavy atom. The molecule has 1 heterocycles. The van der Waals surface area contributed by atoms with Gasteiger partial charge in [-0.25, -0.2) is 5.43 Å². The minimum absolute atomic E-state index is 0.0726. The SMILES string of the molecule is Cc1cccc(C)c1OCC(=O)N/N=C\c1cn(C(C)C)c2ccccc12. The molecule has 0 radical (unpaired) electrons. The van der Waals surface area contributed by atoms with Crippen LogP contribution in [0.4, 0.5) is 0 Å². The van der Waals surface area contributed by atoms with Crippen molar-refractivity contribution in [2.75, 3.05) is 6.61 Å². The number of hydrazone groups is 1. The van der Waals surface area contributed by atoms with Gasteiger partial charge in [-0.15, -0.1) is 0 Å². The lowest BCUT2D eigenvalue weighted by Gasteiger charge is -2.10. The molecule has 27 heavy (non-hydrogen) atoms. The Morgan fingerprint density at radius 2 is 1.85 bits per heavy atom. The minimum Gasteiger partial charge on any atom is -0.483 e. The number of carbonyl (C=O) groups is 1. The fourth-order valence-corrected chi connectivity index (χ4v) is 3.13. The highest BCUT2D eigenvalue weighted by Crippen LogP contribution is 2.23. The summed E-state index contributed by atoms with van der Waals surface area (Å²) in [6, 6.07) is 14.4. The Balaban J connectivity index is 1.66. The van der Waals surface area contributed by atoms with Crippen molar-refractivity contribution < 1.29 is 9.53 Å². The van der Waals surface area contributed by atoms with E-state index in [1.807, 2.05) is 44.2 Å². The highest BCUT2D eigenvalue weighted by atomic mass is 16.5. The number of carbonyl (C=O) groups excluding carboxylic acids is 1. The summed E-state index contributed by atoms with van der Waals surface area (Å²) in [5.41, 5.74) is 6.67. The van der Waals surface area contributed by atoms with Gasteiger partial charge >= 0.3 is 0 Å². The maximum absolute atomic E-state index is 12.1. The molecule has 3 aromatic rings. The number of hydrogen-bond donors (Lipinski definition) is 1. The van der Waals surface area contributed by atoms with E-state index in [9.17, 15) is 4.79 Å². The van der Waals surface area contributed by atoms with Crippen LogP contribution in [0.1, 0.15) is 36.6 Å². The van der Waals surface area contributed by atoms with Gasteiger partial charge < -0.3 is 9.30 Å². The molecule has 3 rings (SSSR count). The van der Waals surface area contributed by atoms with Gasteiger partial charge in [0.25, 0.3) is 5.91 Å². The summed E-state index contributed by atoms with van der Waals surface area (Å²) < 4.78 is 7.84. The highest BCUT2D eigenvalue weighted by Gasteiger charge is 2.09. The normalized spacial score (nSPS) is 11.4. The number of ether oxygens (including phenoxy) is 1. The zero-order valence-corrected chi connectivity index (χ0v) is 16.2. The zero-order valence-electron chi connectivity index (χ0n) is 16.2. The number of amides is 1. The molecule has 5 heteroatoms. The number of benzene rings is 2. The first-order valence-electron chi connectivity index (χ1n) is 9.08. The number of aromatic nitrogens is 1. The molecule has 0 spiro atoms. The van der Waals surface area contributed by atoms with Crippen LogP contribution in [0, 0.1) is 13.8 Å². The second-order valence-corrected chi connectivity index (χ2v) is 6.91. The Bertz CT molecular complexity index is 966. The van der Waals surface area contributed by atoms with Crippen molar-refractivity contribution >= 4 is 23.0 Å². The maximum Gasteiger partial charge on any atom is 0.277 e. The molecule has 0 aliphatic rings. The van der Waals surface area contributed by atoms with Crippen LogP contribution in [-0.2, 0) is 4.79 Å². The number of hydrogen-bond acceptors (Lipinski definition) is 3. The number of aryl methyl sites for hydroxylation is 2. The van der Waals surface area contributed by atoms with Crippen LogP contribution < -0.4 is 10.2 Å². The summed E-state index contributed by atoms with van der Waals surface area (Å²) in [6.45, 7) is 8.13. The van der Waals surface area contributed by atoms with Crippen LogP contribution in [-0.4, -0.2) is 23.3 Å². The molecule has 0 atom stereocenters. The quantitative estimate of drug-likeness (QED) is 0.522. The van der Waals surface area contributed by atoms with Crippen molar-refractivity contribution in [2.24, 2.45) is 5.10 Å². The van der Waals surface area contributed by atoms with Gasteiger partial charge in [-0.2, -0.15) is 5.10 Å². The maximum atomic E-state index is 12.1. The molecule has 0 aliphatic carbocycles. The monoisotopic (exact) mass is 363 g/mol. The average Bonchev–Trinajstić information content (AvgIpc) is 3.01. The lowest BCUT2D eigenvalue weighted by atomic mass is 10.1. The van der Waals surface area contributed by atoms with Gasteiger partial charge in [0.1, 0.15) is 5.75 Å². The largest absolute Gasteiger partial charge is 0.483 e. The van der Waals surface area contributed by atoms with Crippen molar-refractivity contribution in [3.63, 3.8) is 0 Å². The number of fused-ring (bicyclic) bond motifs is 1. The fourth-order valence-electron chi connectivity index (χ4n) is 3.13. The first-order chi connectivity index (χ1) is 13.0. The Kier molecular flexibility index (Phi) is 5.60.